The molecule has 0 N–H and O–H groups in total. The molecule has 1 unspecified atom stereocenters. The zero-order valence-corrected chi connectivity index (χ0v) is 12.2. The molecule has 1 atom stereocenters. The standard InChI is InChI=1S/C18H12Cl2/c19-15-8-14-6-5-13-7-11-3-1-2-4-12(11)9-16(13)18(14)17(20)10-15/h1-9,17H,10H2. The topological polar surface area (TPSA) is 0 Å². The molecule has 2 heteroatoms. The van der Waals surface area contributed by atoms with Crippen LogP contribution in [0.5, 0.6) is 0 Å². The number of allylic oxidation sites excluding steroid dienone is 1. The van der Waals surface area contributed by atoms with E-state index in [1.165, 1.54) is 27.1 Å². The normalized spacial score (nSPS) is 18.1. The maximum atomic E-state index is 6.55. The van der Waals surface area contributed by atoms with E-state index in [4.69, 9.17) is 23.2 Å². The van der Waals surface area contributed by atoms with Gasteiger partial charge in [0.1, 0.15) is 0 Å². The van der Waals surface area contributed by atoms with Gasteiger partial charge < -0.3 is 0 Å². The number of halogens is 2. The summed E-state index contributed by atoms with van der Waals surface area (Å²) in [7, 11) is 0. The lowest BCUT2D eigenvalue weighted by atomic mass is 9.90. The first-order chi connectivity index (χ1) is 9.72. The van der Waals surface area contributed by atoms with Crippen LogP contribution in [0.1, 0.15) is 22.9 Å². The van der Waals surface area contributed by atoms with E-state index < -0.39 is 0 Å². The largest absolute Gasteiger partial charge is 0.117 e. The number of benzene rings is 3. The molecule has 0 spiro atoms. The number of fused-ring (bicyclic) bond motifs is 4. The monoisotopic (exact) mass is 298 g/mol. The summed E-state index contributed by atoms with van der Waals surface area (Å²) < 4.78 is 0. The molecule has 4 rings (SSSR count). The lowest BCUT2D eigenvalue weighted by molar-refractivity contribution is 0.939. The molecule has 1 aliphatic carbocycles. The van der Waals surface area contributed by atoms with Crippen molar-refractivity contribution in [3.05, 3.63) is 64.7 Å². The van der Waals surface area contributed by atoms with E-state index in [0.717, 1.165) is 10.6 Å². The van der Waals surface area contributed by atoms with Crippen molar-refractivity contribution in [2.24, 2.45) is 0 Å². The molecule has 0 saturated heterocycles. The van der Waals surface area contributed by atoms with Crippen LogP contribution < -0.4 is 0 Å². The third-order valence-corrected chi connectivity index (χ3v) is 4.60. The Morgan fingerprint density at radius 1 is 0.900 bits per heavy atom. The minimum absolute atomic E-state index is 0.0487. The van der Waals surface area contributed by atoms with Crippen molar-refractivity contribution < 1.29 is 0 Å². The van der Waals surface area contributed by atoms with Crippen LogP contribution in [0.4, 0.5) is 0 Å². The van der Waals surface area contributed by atoms with Crippen molar-refractivity contribution in [2.75, 3.05) is 0 Å². The molecular weight excluding hydrogens is 287 g/mol. The van der Waals surface area contributed by atoms with E-state index in [9.17, 15) is 0 Å². The highest BCUT2D eigenvalue weighted by molar-refractivity contribution is 6.33. The third-order valence-electron chi connectivity index (χ3n) is 3.96. The van der Waals surface area contributed by atoms with Gasteiger partial charge in [0.05, 0.1) is 5.38 Å². The van der Waals surface area contributed by atoms with Crippen LogP contribution in [0.2, 0.25) is 0 Å². The SMILES string of the molecule is ClC1=Cc2ccc3cc4ccccc4cc3c2C(Cl)C1. The molecule has 0 bridgehead atoms. The summed E-state index contributed by atoms with van der Waals surface area (Å²) in [4.78, 5) is 0. The summed E-state index contributed by atoms with van der Waals surface area (Å²) in [5, 5.41) is 5.76. The van der Waals surface area contributed by atoms with E-state index in [1.54, 1.807) is 0 Å². The van der Waals surface area contributed by atoms with Gasteiger partial charge >= 0.3 is 0 Å². The highest BCUT2D eigenvalue weighted by Crippen LogP contribution is 2.42. The Bertz CT molecular complexity index is 862. The van der Waals surface area contributed by atoms with Crippen molar-refractivity contribution in [2.45, 2.75) is 11.8 Å². The Labute approximate surface area is 127 Å². The second kappa shape index (κ2) is 4.51. The minimum atomic E-state index is -0.0487. The predicted molar refractivity (Wildman–Crippen MR) is 88.5 cm³/mol. The van der Waals surface area contributed by atoms with Crippen LogP contribution in [-0.4, -0.2) is 0 Å². The highest BCUT2D eigenvalue weighted by atomic mass is 35.5. The fraction of sp³-hybridized carbons (Fsp3) is 0.111. The molecule has 0 fully saturated rings. The molecule has 0 heterocycles. The van der Waals surface area contributed by atoms with Crippen molar-refractivity contribution in [3.8, 4) is 0 Å². The highest BCUT2D eigenvalue weighted by Gasteiger charge is 2.21. The van der Waals surface area contributed by atoms with Crippen LogP contribution in [0, 0.1) is 0 Å². The second-order valence-electron chi connectivity index (χ2n) is 5.25. The van der Waals surface area contributed by atoms with Crippen LogP contribution in [0.3, 0.4) is 0 Å². The van der Waals surface area contributed by atoms with Crippen molar-refractivity contribution >= 4 is 50.8 Å². The predicted octanol–water partition coefficient (Wildman–Crippen LogP) is 6.26. The lowest BCUT2D eigenvalue weighted by Crippen LogP contribution is -2.01. The van der Waals surface area contributed by atoms with Crippen LogP contribution in [0.25, 0.3) is 27.6 Å². The fourth-order valence-electron chi connectivity index (χ4n) is 3.03. The maximum absolute atomic E-state index is 6.55. The second-order valence-corrected chi connectivity index (χ2v) is 6.26. The van der Waals surface area contributed by atoms with Crippen LogP contribution >= 0.6 is 23.2 Å². The van der Waals surface area contributed by atoms with E-state index in [2.05, 4.69) is 48.5 Å². The van der Waals surface area contributed by atoms with E-state index >= 15 is 0 Å². The average Bonchev–Trinajstić information content (AvgIpc) is 2.44. The molecule has 98 valence electrons. The molecule has 0 aliphatic heterocycles. The Hall–Kier alpha value is -1.50. The summed E-state index contributed by atoms with van der Waals surface area (Å²) in [6, 6.07) is 17.2. The van der Waals surface area contributed by atoms with Gasteiger partial charge in [-0.25, -0.2) is 0 Å². The molecule has 0 nitrogen and oxygen atoms in total. The van der Waals surface area contributed by atoms with Gasteiger partial charge in [-0.15, -0.1) is 11.6 Å². The average molecular weight is 299 g/mol. The quantitative estimate of drug-likeness (QED) is 0.339. The van der Waals surface area contributed by atoms with Gasteiger partial charge in [-0.05, 0) is 50.9 Å². The smallest absolute Gasteiger partial charge is 0.0646 e. The number of rotatable bonds is 0. The summed E-state index contributed by atoms with van der Waals surface area (Å²) in [6.07, 6.45) is 2.74. The molecule has 0 radical (unpaired) electrons. The van der Waals surface area contributed by atoms with Gasteiger partial charge in [0.25, 0.3) is 0 Å². The Morgan fingerprint density at radius 2 is 1.65 bits per heavy atom. The van der Waals surface area contributed by atoms with Gasteiger partial charge in [0, 0.05) is 11.5 Å². The molecule has 3 aromatic carbocycles. The Balaban J connectivity index is 2.13. The van der Waals surface area contributed by atoms with Crippen molar-refractivity contribution in [1.29, 1.82) is 0 Å². The zero-order chi connectivity index (χ0) is 13.7. The zero-order valence-electron chi connectivity index (χ0n) is 10.7. The first-order valence-corrected chi connectivity index (χ1v) is 7.49. The van der Waals surface area contributed by atoms with Gasteiger partial charge in [-0.2, -0.15) is 0 Å². The van der Waals surface area contributed by atoms with Crippen molar-refractivity contribution in [3.63, 3.8) is 0 Å². The van der Waals surface area contributed by atoms with Gasteiger partial charge in [0.15, 0.2) is 0 Å². The van der Waals surface area contributed by atoms with Gasteiger partial charge in [-0.1, -0.05) is 48.0 Å². The molecule has 0 amide bonds. The van der Waals surface area contributed by atoms with Crippen LogP contribution in [-0.2, 0) is 0 Å². The van der Waals surface area contributed by atoms with Gasteiger partial charge in [0.2, 0.25) is 0 Å². The minimum Gasteiger partial charge on any atom is -0.117 e. The van der Waals surface area contributed by atoms with E-state index in [1.807, 2.05) is 6.08 Å². The number of alkyl halides is 1. The summed E-state index contributed by atoms with van der Waals surface area (Å²) in [6.45, 7) is 0. The lowest BCUT2D eigenvalue weighted by Gasteiger charge is -2.21. The first-order valence-electron chi connectivity index (χ1n) is 6.68. The van der Waals surface area contributed by atoms with Crippen molar-refractivity contribution in [1.82, 2.24) is 0 Å². The maximum Gasteiger partial charge on any atom is 0.0646 e. The third kappa shape index (κ3) is 1.83. The molecule has 1 aliphatic rings. The molecule has 20 heavy (non-hydrogen) atoms. The number of hydrogen-bond acceptors (Lipinski definition) is 0. The van der Waals surface area contributed by atoms with E-state index in [-0.39, 0.29) is 5.38 Å². The fourth-order valence-corrected chi connectivity index (χ4v) is 3.79. The van der Waals surface area contributed by atoms with E-state index in [0.29, 0.717) is 6.42 Å². The summed E-state index contributed by atoms with van der Waals surface area (Å²) in [5.41, 5.74) is 2.35. The summed E-state index contributed by atoms with van der Waals surface area (Å²) in [5.74, 6) is 0. The number of hydrogen-bond donors (Lipinski definition) is 0. The molecule has 3 aromatic rings. The Morgan fingerprint density at radius 3 is 2.45 bits per heavy atom. The summed E-state index contributed by atoms with van der Waals surface area (Å²) >= 11 is 12.7. The Kier molecular flexibility index (Phi) is 2.76. The van der Waals surface area contributed by atoms with Crippen LogP contribution in [0.15, 0.2) is 53.6 Å². The van der Waals surface area contributed by atoms with Gasteiger partial charge in [-0.3, -0.25) is 0 Å². The first kappa shape index (κ1) is 12.3. The molecule has 0 aromatic heterocycles. The molecule has 0 saturated carbocycles. The molecular formula is C18H12Cl2.